The van der Waals surface area contributed by atoms with Crippen LogP contribution in [0.3, 0.4) is 0 Å². The lowest BCUT2D eigenvalue weighted by molar-refractivity contribution is -0.168. The highest BCUT2D eigenvalue weighted by Crippen LogP contribution is 2.39. The number of benzene rings is 1. The van der Waals surface area contributed by atoms with Crippen LogP contribution in [0.5, 0.6) is 0 Å². The quantitative estimate of drug-likeness (QED) is 0.729. The molecule has 1 N–H and O–H groups in total. The molecule has 134 valence electrons. The zero-order valence-electron chi connectivity index (χ0n) is 14.7. The topological polar surface area (TPSA) is 49.8 Å². The summed E-state index contributed by atoms with van der Waals surface area (Å²) >= 11 is 1.84. The Balaban J connectivity index is 2.07. The van der Waals surface area contributed by atoms with Gasteiger partial charge in [-0.25, -0.2) is 0 Å². The van der Waals surface area contributed by atoms with Gasteiger partial charge in [0.1, 0.15) is 5.60 Å². The van der Waals surface area contributed by atoms with Gasteiger partial charge in [0.05, 0.1) is 6.42 Å². The Hall–Kier alpha value is -1.04. The standard InChI is InChI=1S/C19H29NO3S/c1-3-20(4-2)13-10-17(21)23-18(16-8-6-5-7-9-16)19(22)11-14-24-15-12-19/h5-9,18,22H,3-4,10-15H2,1-2H3. The van der Waals surface area contributed by atoms with E-state index in [1.165, 1.54) is 0 Å². The van der Waals surface area contributed by atoms with Crippen molar-refractivity contribution < 1.29 is 14.6 Å². The van der Waals surface area contributed by atoms with Crippen LogP contribution in [-0.4, -0.2) is 52.7 Å². The van der Waals surface area contributed by atoms with E-state index in [1.807, 2.05) is 42.1 Å². The minimum atomic E-state index is -0.961. The zero-order chi connectivity index (χ0) is 17.4. The van der Waals surface area contributed by atoms with Crippen molar-refractivity contribution >= 4 is 17.7 Å². The van der Waals surface area contributed by atoms with Crippen molar-refractivity contribution in [2.24, 2.45) is 0 Å². The third-order valence-corrected chi connectivity index (χ3v) is 5.71. The van der Waals surface area contributed by atoms with Crippen molar-refractivity contribution in [3.63, 3.8) is 0 Å². The normalized spacial score (nSPS) is 18.3. The van der Waals surface area contributed by atoms with E-state index in [0.29, 0.717) is 25.8 Å². The fraction of sp³-hybridized carbons (Fsp3) is 0.632. The smallest absolute Gasteiger partial charge is 0.307 e. The summed E-state index contributed by atoms with van der Waals surface area (Å²) in [6.45, 7) is 6.72. The molecule has 1 fully saturated rings. The van der Waals surface area contributed by atoms with Crippen molar-refractivity contribution in [1.29, 1.82) is 0 Å². The van der Waals surface area contributed by atoms with Crippen LogP contribution in [-0.2, 0) is 9.53 Å². The van der Waals surface area contributed by atoms with E-state index in [0.717, 1.165) is 30.2 Å². The van der Waals surface area contributed by atoms with E-state index in [1.54, 1.807) is 0 Å². The second kappa shape index (κ2) is 9.44. The van der Waals surface area contributed by atoms with Gasteiger partial charge in [0.2, 0.25) is 0 Å². The molecule has 0 aromatic heterocycles. The second-order valence-electron chi connectivity index (χ2n) is 6.27. The van der Waals surface area contributed by atoms with Gasteiger partial charge in [0, 0.05) is 6.54 Å². The Bertz CT molecular complexity index is 499. The first-order valence-corrected chi connectivity index (χ1v) is 10.0. The summed E-state index contributed by atoms with van der Waals surface area (Å²) in [5.74, 6) is 1.57. The molecule has 2 rings (SSSR count). The SMILES string of the molecule is CCN(CC)CCC(=O)OC(c1ccccc1)C1(O)CCSCC1. The molecule has 1 aromatic rings. The zero-order valence-corrected chi connectivity index (χ0v) is 15.6. The minimum Gasteiger partial charge on any atom is -0.454 e. The van der Waals surface area contributed by atoms with E-state index in [2.05, 4.69) is 18.7 Å². The summed E-state index contributed by atoms with van der Waals surface area (Å²) in [6.07, 6.45) is 1.08. The third-order valence-electron chi connectivity index (χ3n) is 4.72. The number of thioether (sulfide) groups is 1. The van der Waals surface area contributed by atoms with Crippen molar-refractivity contribution in [3.05, 3.63) is 35.9 Å². The van der Waals surface area contributed by atoms with Gasteiger partial charge in [-0.05, 0) is 43.0 Å². The van der Waals surface area contributed by atoms with Crippen LogP contribution in [0, 0.1) is 0 Å². The molecule has 1 aliphatic heterocycles. The summed E-state index contributed by atoms with van der Waals surface area (Å²) < 4.78 is 5.79. The molecule has 4 nitrogen and oxygen atoms in total. The fourth-order valence-electron chi connectivity index (χ4n) is 3.08. The predicted molar refractivity (Wildman–Crippen MR) is 99.2 cm³/mol. The fourth-order valence-corrected chi connectivity index (χ4v) is 4.28. The molecule has 0 radical (unpaired) electrons. The van der Waals surface area contributed by atoms with Gasteiger partial charge < -0.3 is 14.7 Å². The highest BCUT2D eigenvalue weighted by atomic mass is 32.2. The lowest BCUT2D eigenvalue weighted by Gasteiger charge is -2.38. The Morgan fingerprint density at radius 2 is 1.88 bits per heavy atom. The van der Waals surface area contributed by atoms with E-state index < -0.39 is 11.7 Å². The molecule has 1 aliphatic rings. The average Bonchev–Trinajstić information content (AvgIpc) is 2.62. The summed E-state index contributed by atoms with van der Waals surface area (Å²) in [4.78, 5) is 14.6. The van der Waals surface area contributed by atoms with E-state index >= 15 is 0 Å². The highest BCUT2D eigenvalue weighted by molar-refractivity contribution is 7.99. The van der Waals surface area contributed by atoms with Crippen LogP contribution in [0.25, 0.3) is 0 Å². The first-order valence-electron chi connectivity index (χ1n) is 8.86. The van der Waals surface area contributed by atoms with Crippen molar-refractivity contribution in [1.82, 2.24) is 4.90 Å². The molecular weight excluding hydrogens is 322 g/mol. The van der Waals surface area contributed by atoms with Crippen LogP contribution < -0.4 is 0 Å². The molecule has 1 heterocycles. The number of carbonyl (C=O) groups excluding carboxylic acids is 1. The van der Waals surface area contributed by atoms with Crippen LogP contribution in [0.1, 0.15) is 44.8 Å². The van der Waals surface area contributed by atoms with E-state index in [-0.39, 0.29) is 5.97 Å². The van der Waals surface area contributed by atoms with E-state index in [9.17, 15) is 9.90 Å². The Kier molecular flexibility index (Phi) is 7.59. The molecule has 5 heteroatoms. The maximum Gasteiger partial charge on any atom is 0.307 e. The molecule has 1 saturated heterocycles. The lowest BCUT2D eigenvalue weighted by atomic mass is 9.86. The molecule has 1 unspecified atom stereocenters. The number of esters is 1. The highest BCUT2D eigenvalue weighted by Gasteiger charge is 2.41. The summed E-state index contributed by atoms with van der Waals surface area (Å²) in [5.41, 5.74) is -0.0830. The van der Waals surface area contributed by atoms with Crippen LogP contribution in [0.15, 0.2) is 30.3 Å². The monoisotopic (exact) mass is 351 g/mol. The van der Waals surface area contributed by atoms with Crippen molar-refractivity contribution in [2.45, 2.75) is 44.8 Å². The maximum atomic E-state index is 12.4. The van der Waals surface area contributed by atoms with E-state index in [4.69, 9.17) is 4.74 Å². The molecule has 0 amide bonds. The largest absolute Gasteiger partial charge is 0.454 e. The molecule has 0 aliphatic carbocycles. The number of nitrogens with zero attached hydrogens (tertiary/aromatic N) is 1. The number of rotatable bonds is 8. The van der Waals surface area contributed by atoms with Gasteiger partial charge in [-0.1, -0.05) is 44.2 Å². The second-order valence-corrected chi connectivity index (χ2v) is 7.50. The third kappa shape index (κ3) is 5.23. The minimum absolute atomic E-state index is 0.234. The number of hydrogen-bond acceptors (Lipinski definition) is 5. The van der Waals surface area contributed by atoms with Crippen LogP contribution in [0.4, 0.5) is 0 Å². The summed E-state index contributed by atoms with van der Waals surface area (Å²) in [6, 6.07) is 9.65. The van der Waals surface area contributed by atoms with Gasteiger partial charge in [-0.15, -0.1) is 0 Å². The molecular formula is C19H29NO3S. The maximum absolute atomic E-state index is 12.4. The van der Waals surface area contributed by atoms with Gasteiger partial charge in [0.25, 0.3) is 0 Å². The molecule has 1 aromatic carbocycles. The van der Waals surface area contributed by atoms with Crippen LogP contribution >= 0.6 is 11.8 Å². The number of hydrogen-bond donors (Lipinski definition) is 1. The first kappa shape index (κ1) is 19.3. The Labute approximate surface area is 149 Å². The Morgan fingerprint density at radius 3 is 2.46 bits per heavy atom. The average molecular weight is 352 g/mol. The summed E-state index contributed by atoms with van der Waals surface area (Å²) in [7, 11) is 0. The van der Waals surface area contributed by atoms with Gasteiger partial charge in [0.15, 0.2) is 6.10 Å². The molecule has 0 spiro atoms. The van der Waals surface area contributed by atoms with Gasteiger partial charge in [-0.3, -0.25) is 4.79 Å². The van der Waals surface area contributed by atoms with Crippen molar-refractivity contribution in [2.75, 3.05) is 31.1 Å². The number of ether oxygens (including phenoxy) is 1. The molecule has 1 atom stereocenters. The summed E-state index contributed by atoms with van der Waals surface area (Å²) in [5, 5.41) is 11.1. The number of aliphatic hydroxyl groups is 1. The number of carbonyl (C=O) groups is 1. The molecule has 0 saturated carbocycles. The molecule has 24 heavy (non-hydrogen) atoms. The van der Waals surface area contributed by atoms with Crippen LogP contribution in [0.2, 0.25) is 0 Å². The Morgan fingerprint density at radius 1 is 1.25 bits per heavy atom. The predicted octanol–water partition coefficient (Wildman–Crippen LogP) is 3.26. The lowest BCUT2D eigenvalue weighted by Crippen LogP contribution is -2.42. The van der Waals surface area contributed by atoms with Gasteiger partial charge >= 0.3 is 5.97 Å². The first-order chi connectivity index (χ1) is 11.6. The molecule has 0 bridgehead atoms. The van der Waals surface area contributed by atoms with Gasteiger partial charge in [-0.2, -0.15) is 11.8 Å². The van der Waals surface area contributed by atoms with Crippen molar-refractivity contribution in [3.8, 4) is 0 Å².